The van der Waals surface area contributed by atoms with Crippen molar-refractivity contribution in [1.29, 1.82) is 0 Å². The molecule has 2 atom stereocenters. The minimum Gasteiger partial charge on any atom is -0.466 e. The van der Waals surface area contributed by atoms with Crippen LogP contribution in [0.2, 0.25) is 0 Å². The highest BCUT2D eigenvalue weighted by molar-refractivity contribution is 5.82. The monoisotopic (exact) mass is 241 g/mol. The predicted octanol–water partition coefficient (Wildman–Crippen LogP) is 1.63. The first-order valence-corrected chi connectivity index (χ1v) is 6.50. The normalized spacial score (nSPS) is 23.5. The maximum absolute atomic E-state index is 11.6. The van der Waals surface area contributed by atoms with Crippen molar-refractivity contribution in [3.05, 3.63) is 0 Å². The van der Waals surface area contributed by atoms with E-state index < -0.39 is 0 Å². The number of carbonyl (C=O) groups is 2. The summed E-state index contributed by atoms with van der Waals surface area (Å²) >= 11 is 0. The number of carbonyl (C=O) groups excluding carboxylic acids is 2. The van der Waals surface area contributed by atoms with E-state index in [0.717, 1.165) is 19.5 Å². The summed E-state index contributed by atoms with van der Waals surface area (Å²) in [5.74, 6) is 0.366. The van der Waals surface area contributed by atoms with Gasteiger partial charge in [-0.15, -0.1) is 0 Å². The van der Waals surface area contributed by atoms with Crippen LogP contribution in [0.5, 0.6) is 0 Å². The Kier molecular flexibility index (Phi) is 5.62. The first-order valence-electron chi connectivity index (χ1n) is 6.50. The maximum atomic E-state index is 11.6. The van der Waals surface area contributed by atoms with Crippen LogP contribution in [0.1, 0.15) is 40.0 Å². The van der Waals surface area contributed by atoms with E-state index in [0.29, 0.717) is 25.2 Å². The number of Topliss-reactive ketones (excluding diaryl/α,β-unsaturated/α-hetero) is 1. The van der Waals surface area contributed by atoms with Gasteiger partial charge < -0.3 is 4.74 Å². The molecule has 4 heteroatoms. The van der Waals surface area contributed by atoms with Crippen molar-refractivity contribution >= 4 is 11.8 Å². The van der Waals surface area contributed by atoms with Crippen LogP contribution in [-0.4, -0.2) is 42.4 Å². The Morgan fingerprint density at radius 3 is 2.82 bits per heavy atom. The van der Waals surface area contributed by atoms with Gasteiger partial charge in [-0.3, -0.25) is 14.5 Å². The highest BCUT2D eigenvalue weighted by atomic mass is 16.5. The van der Waals surface area contributed by atoms with Gasteiger partial charge in [-0.1, -0.05) is 6.92 Å². The van der Waals surface area contributed by atoms with Gasteiger partial charge in [0.05, 0.1) is 13.0 Å². The number of hydrogen-bond donors (Lipinski definition) is 0. The fourth-order valence-corrected chi connectivity index (χ4v) is 2.28. The van der Waals surface area contributed by atoms with Crippen LogP contribution in [0, 0.1) is 5.92 Å². The standard InChI is InChI=1S/C13H23NO3/c1-4-11-9-14(7-6-12(11)15)10(3)8-13(16)17-5-2/h10-11H,4-9H2,1-3H3. The third-order valence-electron chi connectivity index (χ3n) is 3.44. The molecule has 2 unspecified atom stereocenters. The van der Waals surface area contributed by atoms with Gasteiger partial charge in [0.2, 0.25) is 0 Å². The van der Waals surface area contributed by atoms with Crippen LogP contribution in [0.4, 0.5) is 0 Å². The molecule has 0 aromatic rings. The molecule has 98 valence electrons. The highest BCUT2D eigenvalue weighted by Crippen LogP contribution is 2.19. The Morgan fingerprint density at radius 1 is 1.53 bits per heavy atom. The quantitative estimate of drug-likeness (QED) is 0.686. The molecule has 1 fully saturated rings. The van der Waals surface area contributed by atoms with E-state index in [2.05, 4.69) is 4.90 Å². The number of rotatable bonds is 5. The average molecular weight is 241 g/mol. The summed E-state index contributed by atoms with van der Waals surface area (Å²) in [6.07, 6.45) is 1.92. The van der Waals surface area contributed by atoms with Gasteiger partial charge in [-0.2, -0.15) is 0 Å². The zero-order chi connectivity index (χ0) is 12.8. The van der Waals surface area contributed by atoms with Gasteiger partial charge in [0.15, 0.2) is 0 Å². The lowest BCUT2D eigenvalue weighted by Gasteiger charge is -2.35. The third kappa shape index (κ3) is 4.11. The van der Waals surface area contributed by atoms with E-state index in [9.17, 15) is 9.59 Å². The van der Waals surface area contributed by atoms with Crippen molar-refractivity contribution in [1.82, 2.24) is 4.90 Å². The number of hydrogen-bond acceptors (Lipinski definition) is 4. The first kappa shape index (κ1) is 14.2. The number of nitrogens with zero attached hydrogens (tertiary/aromatic N) is 1. The van der Waals surface area contributed by atoms with Gasteiger partial charge in [-0.05, 0) is 20.3 Å². The molecule has 1 aliphatic heterocycles. The number of ether oxygens (including phenoxy) is 1. The zero-order valence-corrected chi connectivity index (χ0v) is 11.1. The molecular formula is C13H23NO3. The molecule has 17 heavy (non-hydrogen) atoms. The Labute approximate surface area is 103 Å². The van der Waals surface area contributed by atoms with Gasteiger partial charge in [-0.25, -0.2) is 0 Å². The van der Waals surface area contributed by atoms with Crippen molar-refractivity contribution in [2.24, 2.45) is 5.92 Å². The van der Waals surface area contributed by atoms with Gasteiger partial charge in [0, 0.05) is 31.5 Å². The number of ketones is 1. The lowest BCUT2D eigenvalue weighted by molar-refractivity contribution is -0.144. The van der Waals surface area contributed by atoms with Crippen LogP contribution < -0.4 is 0 Å². The molecule has 1 saturated heterocycles. The third-order valence-corrected chi connectivity index (χ3v) is 3.44. The molecule has 0 aromatic carbocycles. The maximum Gasteiger partial charge on any atom is 0.307 e. The summed E-state index contributed by atoms with van der Waals surface area (Å²) in [4.78, 5) is 25.2. The summed E-state index contributed by atoms with van der Waals surface area (Å²) in [5.41, 5.74) is 0. The molecule has 0 amide bonds. The summed E-state index contributed by atoms with van der Waals surface area (Å²) in [6, 6.07) is 0.163. The highest BCUT2D eigenvalue weighted by Gasteiger charge is 2.29. The summed E-state index contributed by atoms with van der Waals surface area (Å²) in [6.45, 7) is 7.88. The van der Waals surface area contributed by atoms with Gasteiger partial charge in [0.1, 0.15) is 5.78 Å². The molecule has 1 heterocycles. The Hall–Kier alpha value is -0.900. The van der Waals surface area contributed by atoms with E-state index in [1.54, 1.807) is 0 Å². The number of esters is 1. The first-order chi connectivity index (χ1) is 8.08. The molecule has 1 rings (SSSR count). The zero-order valence-electron chi connectivity index (χ0n) is 11.1. The molecule has 0 saturated carbocycles. The van der Waals surface area contributed by atoms with Crippen LogP contribution in [0.15, 0.2) is 0 Å². The predicted molar refractivity (Wildman–Crippen MR) is 65.7 cm³/mol. The van der Waals surface area contributed by atoms with Crippen molar-refractivity contribution in [2.45, 2.75) is 46.1 Å². The SMILES string of the molecule is CCOC(=O)CC(C)N1CCC(=O)C(CC)C1. The lowest BCUT2D eigenvalue weighted by atomic mass is 9.93. The van der Waals surface area contributed by atoms with Gasteiger partial charge in [0.25, 0.3) is 0 Å². The summed E-state index contributed by atoms with van der Waals surface area (Å²) in [5, 5.41) is 0. The van der Waals surface area contributed by atoms with Crippen LogP contribution in [0.3, 0.4) is 0 Å². The largest absolute Gasteiger partial charge is 0.466 e. The number of piperidine rings is 1. The number of likely N-dealkylation sites (tertiary alicyclic amines) is 1. The van der Waals surface area contributed by atoms with Crippen molar-refractivity contribution in [2.75, 3.05) is 19.7 Å². The molecule has 0 aliphatic carbocycles. The van der Waals surface area contributed by atoms with Crippen LogP contribution in [0.25, 0.3) is 0 Å². The lowest BCUT2D eigenvalue weighted by Crippen LogP contribution is -2.45. The van der Waals surface area contributed by atoms with Crippen LogP contribution >= 0.6 is 0 Å². The minimum atomic E-state index is -0.148. The second-order valence-electron chi connectivity index (χ2n) is 4.67. The van der Waals surface area contributed by atoms with Crippen molar-refractivity contribution < 1.29 is 14.3 Å². The average Bonchev–Trinajstić information content (AvgIpc) is 2.29. The smallest absolute Gasteiger partial charge is 0.307 e. The van der Waals surface area contributed by atoms with Gasteiger partial charge >= 0.3 is 5.97 Å². The van der Waals surface area contributed by atoms with E-state index >= 15 is 0 Å². The van der Waals surface area contributed by atoms with Crippen molar-refractivity contribution in [3.63, 3.8) is 0 Å². The molecule has 1 aliphatic rings. The topological polar surface area (TPSA) is 46.6 Å². The van der Waals surface area contributed by atoms with E-state index in [1.807, 2.05) is 20.8 Å². The molecular weight excluding hydrogens is 218 g/mol. The Balaban J connectivity index is 2.44. The molecule has 0 aromatic heterocycles. The Bertz CT molecular complexity index is 278. The molecule has 0 radical (unpaired) electrons. The molecule has 0 bridgehead atoms. The fraction of sp³-hybridized carbons (Fsp3) is 0.846. The van der Waals surface area contributed by atoms with E-state index in [1.165, 1.54) is 0 Å². The Morgan fingerprint density at radius 2 is 2.24 bits per heavy atom. The fourth-order valence-electron chi connectivity index (χ4n) is 2.28. The molecule has 0 N–H and O–H groups in total. The molecule has 4 nitrogen and oxygen atoms in total. The second kappa shape index (κ2) is 6.74. The van der Waals surface area contributed by atoms with E-state index in [4.69, 9.17) is 4.74 Å². The summed E-state index contributed by atoms with van der Waals surface area (Å²) in [7, 11) is 0. The molecule has 0 spiro atoms. The minimum absolute atomic E-state index is 0.147. The van der Waals surface area contributed by atoms with Crippen molar-refractivity contribution in [3.8, 4) is 0 Å². The second-order valence-corrected chi connectivity index (χ2v) is 4.67. The van der Waals surface area contributed by atoms with E-state index in [-0.39, 0.29) is 17.9 Å². The summed E-state index contributed by atoms with van der Waals surface area (Å²) < 4.78 is 4.95. The van der Waals surface area contributed by atoms with Crippen LogP contribution in [-0.2, 0) is 14.3 Å².